The van der Waals surface area contributed by atoms with Crippen LogP contribution in [0.2, 0.25) is 0 Å². The molecule has 2 amide bonds. The monoisotopic (exact) mass is 481 g/mol. The molecule has 0 radical (unpaired) electrons. The van der Waals surface area contributed by atoms with Gasteiger partial charge in [-0.15, -0.1) is 0 Å². The lowest BCUT2D eigenvalue weighted by Crippen LogP contribution is -2.57. The van der Waals surface area contributed by atoms with E-state index in [-0.39, 0.29) is 5.91 Å². The van der Waals surface area contributed by atoms with Crippen molar-refractivity contribution in [3.8, 4) is 0 Å². The Balaban J connectivity index is 1.48. The van der Waals surface area contributed by atoms with Gasteiger partial charge in [0, 0.05) is 51.7 Å². The molecular formula is C24H39N3O5S. The van der Waals surface area contributed by atoms with Crippen LogP contribution in [0.3, 0.4) is 0 Å². The van der Waals surface area contributed by atoms with Gasteiger partial charge in [-0.05, 0) is 63.5 Å². The van der Waals surface area contributed by atoms with Crippen molar-refractivity contribution in [2.75, 3.05) is 44.5 Å². The van der Waals surface area contributed by atoms with Gasteiger partial charge in [-0.3, -0.25) is 14.8 Å². The molecule has 2 saturated heterocycles. The number of carbonyl (C=O) groups is 2. The minimum absolute atomic E-state index is 0.125. The smallest absolute Gasteiger partial charge is 0.261 e. The summed E-state index contributed by atoms with van der Waals surface area (Å²) < 4.78 is 18.0. The predicted molar refractivity (Wildman–Crippen MR) is 132 cm³/mol. The fourth-order valence-electron chi connectivity index (χ4n) is 5.01. The Labute approximate surface area is 198 Å². The zero-order chi connectivity index (χ0) is 24.1. The first-order valence-corrected chi connectivity index (χ1v) is 13.8. The molecule has 2 aliphatic rings. The predicted octanol–water partition coefficient (Wildman–Crippen LogP) is 3.72. The number of hydrogen-bond donors (Lipinski definition) is 3. The molecule has 1 unspecified atom stereocenters. The quantitative estimate of drug-likeness (QED) is 0.386. The van der Waals surface area contributed by atoms with E-state index in [1.54, 1.807) is 16.6 Å². The van der Waals surface area contributed by atoms with Crippen LogP contribution in [0.1, 0.15) is 50.5 Å². The number of anilines is 1. The summed E-state index contributed by atoms with van der Waals surface area (Å²) in [5.74, 6) is 0.121. The normalized spacial score (nSPS) is 22.2. The number of hydrogen-bond acceptors (Lipinski definition) is 6. The van der Waals surface area contributed by atoms with E-state index in [0.717, 1.165) is 31.4 Å². The average molecular weight is 482 g/mol. The maximum Gasteiger partial charge on any atom is 0.261 e. The standard InChI is InChI=1S/C24H39N3O5S/c1-19-7-9-21(10-8-19)26(2)22(28)6-4-5-20-11-15-27(16-12-20)33(3,31)24(23(29)25-30)13-17-32-18-14-24/h7-10,20,30-31H,4-6,11-18H2,1-3H3,(H,25,29). The highest BCUT2D eigenvalue weighted by molar-refractivity contribution is 8.28. The summed E-state index contributed by atoms with van der Waals surface area (Å²) in [7, 11) is -0.615. The van der Waals surface area contributed by atoms with Crippen molar-refractivity contribution in [3.63, 3.8) is 0 Å². The molecule has 0 aromatic heterocycles. The molecule has 8 nitrogen and oxygen atoms in total. The number of piperidine rings is 1. The Hall–Kier alpha value is -1.65. The van der Waals surface area contributed by atoms with E-state index >= 15 is 0 Å². The second-order valence-corrected chi connectivity index (χ2v) is 12.4. The first kappa shape index (κ1) is 26.0. The van der Waals surface area contributed by atoms with Gasteiger partial charge in [-0.2, -0.15) is 0 Å². The minimum Gasteiger partial charge on any atom is -0.381 e. The third-order valence-corrected chi connectivity index (χ3v) is 10.9. The molecule has 1 aromatic rings. The van der Waals surface area contributed by atoms with Gasteiger partial charge >= 0.3 is 0 Å². The van der Waals surface area contributed by atoms with Crippen LogP contribution >= 0.6 is 10.5 Å². The SMILES string of the molecule is Cc1ccc(N(C)C(=O)CCCC2CCN(S(C)(O)C3(C(=O)NO)CCOCC3)CC2)cc1. The Morgan fingerprint density at radius 1 is 1.21 bits per heavy atom. The van der Waals surface area contributed by atoms with Crippen molar-refractivity contribution < 1.29 is 24.1 Å². The molecular weight excluding hydrogens is 442 g/mol. The Morgan fingerprint density at radius 3 is 2.39 bits per heavy atom. The van der Waals surface area contributed by atoms with Gasteiger partial charge < -0.3 is 14.2 Å². The van der Waals surface area contributed by atoms with Gasteiger partial charge in [0.05, 0.1) is 0 Å². The van der Waals surface area contributed by atoms with Crippen LogP contribution in [-0.2, 0) is 14.3 Å². The maximum atomic E-state index is 12.6. The molecule has 33 heavy (non-hydrogen) atoms. The minimum atomic E-state index is -2.44. The number of rotatable bonds is 8. The third kappa shape index (κ3) is 5.71. The molecule has 1 atom stereocenters. The average Bonchev–Trinajstić information content (AvgIpc) is 2.84. The topological polar surface area (TPSA) is 102 Å². The number of ether oxygens (including phenoxy) is 1. The highest BCUT2D eigenvalue weighted by Gasteiger charge is 2.53. The number of hydroxylamine groups is 1. The number of nitrogens with zero attached hydrogens (tertiary/aromatic N) is 2. The van der Waals surface area contributed by atoms with Crippen molar-refractivity contribution in [2.24, 2.45) is 5.92 Å². The molecule has 2 heterocycles. The molecule has 0 spiro atoms. The van der Waals surface area contributed by atoms with E-state index in [1.807, 2.05) is 38.2 Å². The van der Waals surface area contributed by atoms with Gasteiger partial charge in [0.25, 0.3) is 5.91 Å². The molecule has 3 N–H and O–H groups in total. The number of amides is 2. The van der Waals surface area contributed by atoms with E-state index in [1.165, 1.54) is 5.56 Å². The van der Waals surface area contributed by atoms with Crippen molar-refractivity contribution in [2.45, 2.75) is 56.6 Å². The van der Waals surface area contributed by atoms with Crippen molar-refractivity contribution in [3.05, 3.63) is 29.8 Å². The zero-order valence-electron chi connectivity index (χ0n) is 20.1. The summed E-state index contributed by atoms with van der Waals surface area (Å²) in [6.07, 6.45) is 6.78. The molecule has 9 heteroatoms. The van der Waals surface area contributed by atoms with Gasteiger partial charge in [0.1, 0.15) is 4.75 Å². The molecule has 0 aliphatic carbocycles. The van der Waals surface area contributed by atoms with Crippen molar-refractivity contribution in [1.29, 1.82) is 0 Å². The Morgan fingerprint density at radius 2 is 1.82 bits per heavy atom. The summed E-state index contributed by atoms with van der Waals surface area (Å²) in [4.78, 5) is 26.9. The summed E-state index contributed by atoms with van der Waals surface area (Å²) in [6.45, 7) is 4.26. The van der Waals surface area contributed by atoms with E-state index in [0.29, 0.717) is 51.5 Å². The summed E-state index contributed by atoms with van der Waals surface area (Å²) >= 11 is 0. The lowest BCUT2D eigenvalue weighted by atomic mass is 9.92. The highest BCUT2D eigenvalue weighted by atomic mass is 32.3. The molecule has 0 bridgehead atoms. The van der Waals surface area contributed by atoms with Gasteiger partial charge in [0.15, 0.2) is 0 Å². The largest absolute Gasteiger partial charge is 0.381 e. The van der Waals surface area contributed by atoms with E-state index in [4.69, 9.17) is 4.74 Å². The zero-order valence-corrected chi connectivity index (χ0v) is 20.9. The fourth-order valence-corrected chi connectivity index (χ4v) is 7.77. The number of nitrogens with one attached hydrogen (secondary N) is 1. The number of benzene rings is 1. The molecule has 3 rings (SSSR count). The summed E-state index contributed by atoms with van der Waals surface area (Å²) in [5.41, 5.74) is 3.88. The van der Waals surface area contributed by atoms with Crippen LogP contribution in [-0.4, -0.2) is 70.2 Å². The van der Waals surface area contributed by atoms with E-state index < -0.39 is 21.1 Å². The van der Waals surface area contributed by atoms with E-state index in [9.17, 15) is 19.3 Å². The van der Waals surface area contributed by atoms with Crippen LogP contribution in [0.4, 0.5) is 5.69 Å². The van der Waals surface area contributed by atoms with Crippen LogP contribution in [0.25, 0.3) is 0 Å². The van der Waals surface area contributed by atoms with Crippen LogP contribution in [0.15, 0.2) is 24.3 Å². The molecule has 1 aromatic carbocycles. The molecule has 0 saturated carbocycles. The maximum absolute atomic E-state index is 12.6. The lowest BCUT2D eigenvalue weighted by Gasteiger charge is -2.56. The molecule has 2 aliphatic heterocycles. The third-order valence-electron chi connectivity index (χ3n) is 7.43. The number of aryl methyl sites for hydroxylation is 1. The lowest BCUT2D eigenvalue weighted by molar-refractivity contribution is -0.134. The molecule has 2 fully saturated rings. The second kappa shape index (κ2) is 11.2. The number of carbonyl (C=O) groups excluding carboxylic acids is 2. The summed E-state index contributed by atoms with van der Waals surface area (Å²) in [5, 5.41) is 9.33. The van der Waals surface area contributed by atoms with Crippen LogP contribution in [0.5, 0.6) is 0 Å². The highest BCUT2D eigenvalue weighted by Crippen LogP contribution is 2.61. The van der Waals surface area contributed by atoms with Crippen LogP contribution in [0, 0.1) is 12.8 Å². The Bertz CT molecular complexity index is 803. The molecule has 186 valence electrons. The second-order valence-electron chi connectivity index (χ2n) is 9.43. The van der Waals surface area contributed by atoms with Crippen molar-refractivity contribution in [1.82, 2.24) is 9.79 Å². The Kier molecular flexibility index (Phi) is 8.80. The van der Waals surface area contributed by atoms with Crippen molar-refractivity contribution >= 4 is 28.0 Å². The summed E-state index contributed by atoms with van der Waals surface area (Å²) in [6, 6.07) is 7.97. The van der Waals surface area contributed by atoms with Gasteiger partial charge in [-0.25, -0.2) is 9.79 Å². The van der Waals surface area contributed by atoms with Gasteiger partial charge in [0.2, 0.25) is 5.91 Å². The van der Waals surface area contributed by atoms with Gasteiger partial charge in [-0.1, -0.05) is 28.2 Å². The first-order valence-electron chi connectivity index (χ1n) is 11.8. The van der Waals surface area contributed by atoms with Crippen LogP contribution < -0.4 is 10.4 Å². The fraction of sp³-hybridized carbons (Fsp3) is 0.667. The first-order chi connectivity index (χ1) is 15.7. The van der Waals surface area contributed by atoms with E-state index in [2.05, 4.69) is 4.31 Å².